The van der Waals surface area contributed by atoms with Crippen LogP contribution >= 0.6 is 11.8 Å². The van der Waals surface area contributed by atoms with Gasteiger partial charge in [0.2, 0.25) is 0 Å². The molecule has 1 N–H and O–H groups in total. The maximum Gasteiger partial charge on any atom is 0.0605 e. The van der Waals surface area contributed by atoms with Gasteiger partial charge in [-0.15, -0.1) is 11.8 Å². The first-order chi connectivity index (χ1) is 8.74. The summed E-state index contributed by atoms with van der Waals surface area (Å²) in [5.41, 5.74) is 2.46. The minimum atomic E-state index is 0.208. The number of nitrogens with one attached hydrogen (secondary N) is 1. The molecule has 1 aromatic carbocycles. The molecule has 0 aliphatic carbocycles. The van der Waals surface area contributed by atoms with Gasteiger partial charge in [-0.1, -0.05) is 19.1 Å². The molecule has 0 fully saturated rings. The van der Waals surface area contributed by atoms with Crippen molar-refractivity contribution in [2.24, 2.45) is 7.05 Å². The zero-order valence-electron chi connectivity index (χ0n) is 11.1. The summed E-state index contributed by atoms with van der Waals surface area (Å²) >= 11 is 1.87. The molecule has 0 saturated heterocycles. The fourth-order valence-electron chi connectivity index (χ4n) is 2.04. The standard InChI is InChI=1S/C14H19N3S/c1-4-18-13-7-5-11(6-8-13)14(15-2)12-9-16-17(3)10-12/h5-10,14-15H,4H2,1-3H3. The molecule has 1 aromatic heterocycles. The molecule has 0 saturated carbocycles. The minimum absolute atomic E-state index is 0.208. The maximum atomic E-state index is 4.23. The van der Waals surface area contributed by atoms with E-state index < -0.39 is 0 Å². The van der Waals surface area contributed by atoms with Crippen molar-refractivity contribution >= 4 is 11.8 Å². The number of aryl methyl sites for hydroxylation is 1. The molecule has 18 heavy (non-hydrogen) atoms. The number of benzene rings is 1. The topological polar surface area (TPSA) is 29.9 Å². The Morgan fingerprint density at radius 2 is 2.00 bits per heavy atom. The Bertz CT molecular complexity index is 490. The second-order valence-corrected chi connectivity index (χ2v) is 5.51. The van der Waals surface area contributed by atoms with Gasteiger partial charge in [0, 0.05) is 23.7 Å². The van der Waals surface area contributed by atoms with Crippen LogP contribution in [0.2, 0.25) is 0 Å². The molecule has 0 radical (unpaired) electrons. The average Bonchev–Trinajstić information content (AvgIpc) is 2.79. The second-order valence-electron chi connectivity index (χ2n) is 4.17. The second kappa shape index (κ2) is 6.07. The first kappa shape index (κ1) is 13.2. The van der Waals surface area contributed by atoms with E-state index in [1.807, 2.05) is 36.7 Å². The lowest BCUT2D eigenvalue weighted by Crippen LogP contribution is -2.17. The highest BCUT2D eigenvalue weighted by atomic mass is 32.2. The van der Waals surface area contributed by atoms with E-state index in [1.54, 1.807) is 0 Å². The van der Waals surface area contributed by atoms with Crippen molar-refractivity contribution in [1.82, 2.24) is 15.1 Å². The maximum absolute atomic E-state index is 4.23. The SMILES string of the molecule is CCSc1ccc(C(NC)c2cnn(C)c2)cc1. The van der Waals surface area contributed by atoms with Crippen molar-refractivity contribution in [1.29, 1.82) is 0 Å². The quantitative estimate of drug-likeness (QED) is 0.839. The lowest BCUT2D eigenvalue weighted by molar-refractivity contribution is 0.689. The molecule has 4 heteroatoms. The molecule has 0 bridgehead atoms. The smallest absolute Gasteiger partial charge is 0.0605 e. The number of thioether (sulfide) groups is 1. The largest absolute Gasteiger partial charge is 0.309 e. The lowest BCUT2D eigenvalue weighted by atomic mass is 10.0. The van der Waals surface area contributed by atoms with E-state index in [0.29, 0.717) is 0 Å². The van der Waals surface area contributed by atoms with Crippen LogP contribution in [-0.4, -0.2) is 22.6 Å². The molecule has 0 amide bonds. The number of rotatable bonds is 5. The summed E-state index contributed by atoms with van der Waals surface area (Å²) in [4.78, 5) is 1.32. The average molecular weight is 261 g/mol. The van der Waals surface area contributed by atoms with Crippen LogP contribution in [0.5, 0.6) is 0 Å². The van der Waals surface area contributed by atoms with Crippen LogP contribution in [-0.2, 0) is 7.05 Å². The van der Waals surface area contributed by atoms with E-state index in [4.69, 9.17) is 0 Å². The zero-order chi connectivity index (χ0) is 13.0. The Morgan fingerprint density at radius 1 is 1.28 bits per heavy atom. The fraction of sp³-hybridized carbons (Fsp3) is 0.357. The molecular formula is C14H19N3S. The molecule has 96 valence electrons. The van der Waals surface area contributed by atoms with Gasteiger partial charge < -0.3 is 5.32 Å². The van der Waals surface area contributed by atoms with Crippen LogP contribution in [0.1, 0.15) is 24.1 Å². The predicted molar refractivity (Wildman–Crippen MR) is 77.0 cm³/mol. The number of aromatic nitrogens is 2. The van der Waals surface area contributed by atoms with Gasteiger partial charge in [-0.25, -0.2) is 0 Å². The summed E-state index contributed by atoms with van der Waals surface area (Å²) < 4.78 is 1.83. The van der Waals surface area contributed by atoms with Gasteiger partial charge in [0.1, 0.15) is 0 Å². The number of nitrogens with zero attached hydrogens (tertiary/aromatic N) is 2. The molecule has 1 unspecified atom stereocenters. The van der Waals surface area contributed by atoms with Gasteiger partial charge in [0.05, 0.1) is 12.2 Å². The predicted octanol–water partition coefficient (Wildman–Crippen LogP) is 2.84. The summed E-state index contributed by atoms with van der Waals surface area (Å²) in [6.45, 7) is 2.17. The Hall–Kier alpha value is -1.26. The van der Waals surface area contributed by atoms with Gasteiger partial charge in [-0.05, 0) is 30.5 Å². The van der Waals surface area contributed by atoms with Crippen LogP contribution in [0, 0.1) is 0 Å². The van der Waals surface area contributed by atoms with Crippen molar-refractivity contribution in [2.45, 2.75) is 17.9 Å². The fourth-order valence-corrected chi connectivity index (χ4v) is 2.70. The van der Waals surface area contributed by atoms with Crippen LogP contribution < -0.4 is 5.32 Å². The highest BCUT2D eigenvalue weighted by molar-refractivity contribution is 7.99. The van der Waals surface area contributed by atoms with Crippen molar-refractivity contribution < 1.29 is 0 Å². The van der Waals surface area contributed by atoms with Crippen LogP contribution in [0.25, 0.3) is 0 Å². The molecule has 1 atom stereocenters. The molecule has 2 rings (SSSR count). The summed E-state index contributed by atoms with van der Waals surface area (Å²) in [5, 5.41) is 7.57. The van der Waals surface area contributed by atoms with E-state index in [-0.39, 0.29) is 6.04 Å². The van der Waals surface area contributed by atoms with Crippen molar-refractivity contribution in [2.75, 3.05) is 12.8 Å². The summed E-state index contributed by atoms with van der Waals surface area (Å²) in [7, 11) is 3.92. The van der Waals surface area contributed by atoms with Crippen molar-refractivity contribution in [3.63, 3.8) is 0 Å². The molecule has 1 heterocycles. The highest BCUT2D eigenvalue weighted by Gasteiger charge is 2.13. The Kier molecular flexibility index (Phi) is 4.44. The zero-order valence-corrected chi connectivity index (χ0v) is 11.9. The Balaban J connectivity index is 2.22. The molecular weight excluding hydrogens is 242 g/mol. The van der Waals surface area contributed by atoms with E-state index in [0.717, 1.165) is 5.75 Å². The Labute approximate surface area is 113 Å². The third kappa shape index (κ3) is 2.94. The Morgan fingerprint density at radius 3 is 2.50 bits per heavy atom. The van der Waals surface area contributed by atoms with Gasteiger partial charge in [-0.3, -0.25) is 4.68 Å². The van der Waals surface area contributed by atoms with Crippen molar-refractivity contribution in [3.05, 3.63) is 47.8 Å². The van der Waals surface area contributed by atoms with E-state index in [2.05, 4.69) is 47.8 Å². The third-order valence-electron chi connectivity index (χ3n) is 2.87. The molecule has 3 nitrogen and oxygen atoms in total. The molecule has 2 aromatic rings. The van der Waals surface area contributed by atoms with Gasteiger partial charge in [0.25, 0.3) is 0 Å². The highest BCUT2D eigenvalue weighted by Crippen LogP contribution is 2.24. The monoisotopic (exact) mass is 261 g/mol. The van der Waals surface area contributed by atoms with E-state index >= 15 is 0 Å². The first-order valence-corrected chi connectivity index (χ1v) is 7.11. The molecule has 0 aliphatic rings. The number of hydrogen-bond acceptors (Lipinski definition) is 3. The summed E-state index contributed by atoms with van der Waals surface area (Å²) in [5.74, 6) is 1.11. The van der Waals surface area contributed by atoms with Gasteiger partial charge in [-0.2, -0.15) is 5.10 Å². The normalized spacial score (nSPS) is 12.6. The first-order valence-electron chi connectivity index (χ1n) is 6.13. The summed E-state index contributed by atoms with van der Waals surface area (Å²) in [6.07, 6.45) is 3.96. The van der Waals surface area contributed by atoms with Gasteiger partial charge >= 0.3 is 0 Å². The molecule has 0 aliphatic heterocycles. The van der Waals surface area contributed by atoms with E-state index in [1.165, 1.54) is 16.0 Å². The van der Waals surface area contributed by atoms with Gasteiger partial charge in [0.15, 0.2) is 0 Å². The lowest BCUT2D eigenvalue weighted by Gasteiger charge is -2.15. The van der Waals surface area contributed by atoms with Crippen molar-refractivity contribution in [3.8, 4) is 0 Å². The third-order valence-corrected chi connectivity index (χ3v) is 3.77. The number of hydrogen-bond donors (Lipinski definition) is 1. The minimum Gasteiger partial charge on any atom is -0.309 e. The van der Waals surface area contributed by atoms with Crippen LogP contribution in [0.3, 0.4) is 0 Å². The van der Waals surface area contributed by atoms with E-state index in [9.17, 15) is 0 Å². The van der Waals surface area contributed by atoms with Crippen LogP contribution in [0.15, 0.2) is 41.6 Å². The molecule has 0 spiro atoms. The van der Waals surface area contributed by atoms with Crippen LogP contribution in [0.4, 0.5) is 0 Å². The summed E-state index contributed by atoms with van der Waals surface area (Å²) in [6, 6.07) is 8.95.